The number of ether oxygens (including phenoxy) is 1. The molecule has 22 heavy (non-hydrogen) atoms. The van der Waals surface area contributed by atoms with Crippen LogP contribution in [-0.4, -0.2) is 36.6 Å². The molecular weight excluding hydrogens is 274 g/mol. The molecular formula is C19H31NO2. The smallest absolute Gasteiger partial charge is 0.222 e. The average Bonchev–Trinajstić information content (AvgIpc) is 3.02. The van der Waals surface area contributed by atoms with Crippen molar-refractivity contribution in [3.8, 4) is 0 Å². The summed E-state index contributed by atoms with van der Waals surface area (Å²) in [7, 11) is 0. The largest absolute Gasteiger partial charge is 0.378 e. The third-order valence-electron chi connectivity index (χ3n) is 4.28. The Kier molecular flexibility index (Phi) is 8.18. The molecule has 1 saturated heterocycles. The number of hydrogen-bond acceptors (Lipinski definition) is 2. The van der Waals surface area contributed by atoms with Crippen LogP contribution in [0.15, 0.2) is 30.3 Å². The van der Waals surface area contributed by atoms with Crippen LogP contribution in [0.1, 0.15) is 52.5 Å². The highest BCUT2D eigenvalue weighted by atomic mass is 16.5. The molecule has 0 aliphatic carbocycles. The summed E-state index contributed by atoms with van der Waals surface area (Å²) in [4.78, 5) is 14.0. The number of likely N-dealkylation sites (tertiary alicyclic amines) is 1. The predicted octanol–water partition coefficient (Wildman–Crippen LogP) is 4.09. The Bertz CT molecular complexity index is 432. The number of amides is 1. The van der Waals surface area contributed by atoms with Crippen molar-refractivity contribution in [3.05, 3.63) is 35.9 Å². The molecule has 0 saturated carbocycles. The van der Waals surface area contributed by atoms with Crippen molar-refractivity contribution in [2.24, 2.45) is 5.92 Å². The van der Waals surface area contributed by atoms with Gasteiger partial charge in [-0.15, -0.1) is 0 Å². The van der Waals surface area contributed by atoms with Crippen LogP contribution >= 0.6 is 0 Å². The minimum absolute atomic E-state index is 0.180. The van der Waals surface area contributed by atoms with Crippen LogP contribution in [0.25, 0.3) is 0 Å². The number of carbonyl (C=O) groups is 1. The van der Waals surface area contributed by atoms with Crippen molar-refractivity contribution in [3.63, 3.8) is 0 Å². The zero-order valence-electron chi connectivity index (χ0n) is 14.7. The third kappa shape index (κ3) is 4.57. The van der Waals surface area contributed by atoms with Gasteiger partial charge in [0, 0.05) is 38.0 Å². The summed E-state index contributed by atoms with van der Waals surface area (Å²) in [6.45, 7) is 12.4. The van der Waals surface area contributed by atoms with E-state index in [9.17, 15) is 4.79 Å². The molecule has 1 heterocycles. The molecule has 3 atom stereocenters. The van der Waals surface area contributed by atoms with E-state index in [0.29, 0.717) is 18.3 Å². The van der Waals surface area contributed by atoms with Gasteiger partial charge in [-0.3, -0.25) is 4.79 Å². The maximum absolute atomic E-state index is 12.0. The number of rotatable bonds is 5. The summed E-state index contributed by atoms with van der Waals surface area (Å²) in [6.07, 6.45) is 0.761. The Morgan fingerprint density at radius 3 is 2.41 bits per heavy atom. The minimum Gasteiger partial charge on any atom is -0.378 e. The number of nitrogens with zero attached hydrogens (tertiary/aromatic N) is 1. The molecule has 3 nitrogen and oxygen atoms in total. The summed E-state index contributed by atoms with van der Waals surface area (Å²) in [5.41, 5.74) is 1.32. The van der Waals surface area contributed by atoms with E-state index in [1.165, 1.54) is 5.56 Å². The molecule has 0 aromatic heterocycles. The van der Waals surface area contributed by atoms with E-state index in [-0.39, 0.29) is 12.0 Å². The van der Waals surface area contributed by atoms with Gasteiger partial charge in [-0.25, -0.2) is 0 Å². The normalized spacial score (nSPS) is 22.0. The van der Waals surface area contributed by atoms with Crippen molar-refractivity contribution in [1.82, 2.24) is 4.90 Å². The molecule has 0 bridgehead atoms. The van der Waals surface area contributed by atoms with Gasteiger partial charge in [0.1, 0.15) is 0 Å². The Morgan fingerprint density at radius 2 is 1.86 bits per heavy atom. The van der Waals surface area contributed by atoms with Crippen LogP contribution < -0.4 is 0 Å². The van der Waals surface area contributed by atoms with E-state index in [2.05, 4.69) is 31.2 Å². The molecule has 2 rings (SSSR count). The van der Waals surface area contributed by atoms with Crippen LogP contribution in [0.5, 0.6) is 0 Å². The van der Waals surface area contributed by atoms with E-state index in [4.69, 9.17) is 4.74 Å². The highest BCUT2D eigenvalue weighted by molar-refractivity contribution is 5.76. The van der Waals surface area contributed by atoms with Gasteiger partial charge in [0.05, 0.1) is 6.10 Å². The number of benzene rings is 1. The quantitative estimate of drug-likeness (QED) is 0.820. The summed E-state index contributed by atoms with van der Waals surface area (Å²) < 4.78 is 5.80. The lowest BCUT2D eigenvalue weighted by Gasteiger charge is -2.24. The standard InChI is InChI=1S/C17H25NO2.C2H6/c1-4-17(19)18-11-15(13(3)20-5-2)16(12-18)14-9-7-6-8-10-14;1-2/h6-10,13,15-16H,4-5,11-12H2,1-3H3;1-2H3/t13-,15-,16-;/m0./s1. The fourth-order valence-corrected chi connectivity index (χ4v) is 3.17. The Morgan fingerprint density at radius 1 is 1.23 bits per heavy atom. The predicted molar refractivity (Wildman–Crippen MR) is 92.0 cm³/mol. The molecule has 0 spiro atoms. The molecule has 3 heteroatoms. The lowest BCUT2D eigenvalue weighted by Crippen LogP contribution is -2.30. The molecule has 1 aliphatic rings. The molecule has 1 aromatic carbocycles. The third-order valence-corrected chi connectivity index (χ3v) is 4.28. The second kappa shape index (κ2) is 9.62. The molecule has 0 N–H and O–H groups in total. The molecule has 0 radical (unpaired) electrons. The van der Waals surface area contributed by atoms with E-state index in [1.807, 2.05) is 38.7 Å². The first kappa shape index (κ1) is 18.7. The van der Waals surface area contributed by atoms with E-state index in [1.54, 1.807) is 0 Å². The van der Waals surface area contributed by atoms with Crippen molar-refractivity contribution < 1.29 is 9.53 Å². The summed E-state index contributed by atoms with van der Waals surface area (Å²) in [6, 6.07) is 10.5. The molecule has 1 fully saturated rings. The fourth-order valence-electron chi connectivity index (χ4n) is 3.17. The number of hydrogen-bond donors (Lipinski definition) is 0. The second-order valence-corrected chi connectivity index (χ2v) is 5.49. The minimum atomic E-state index is 0.180. The van der Waals surface area contributed by atoms with Gasteiger partial charge in [-0.05, 0) is 19.4 Å². The molecule has 124 valence electrons. The zero-order chi connectivity index (χ0) is 16.5. The van der Waals surface area contributed by atoms with E-state index < -0.39 is 0 Å². The highest BCUT2D eigenvalue weighted by Crippen LogP contribution is 2.36. The average molecular weight is 305 g/mol. The van der Waals surface area contributed by atoms with Crippen molar-refractivity contribution in [1.29, 1.82) is 0 Å². The van der Waals surface area contributed by atoms with Gasteiger partial charge in [0.15, 0.2) is 0 Å². The van der Waals surface area contributed by atoms with Crippen LogP contribution in [-0.2, 0) is 9.53 Å². The van der Waals surface area contributed by atoms with Gasteiger partial charge in [0.2, 0.25) is 5.91 Å². The first-order valence-corrected chi connectivity index (χ1v) is 8.61. The molecule has 1 aromatic rings. The van der Waals surface area contributed by atoms with Gasteiger partial charge in [-0.1, -0.05) is 51.1 Å². The molecule has 1 amide bonds. The SMILES string of the molecule is CC.CCO[C@@H](C)[C@@H]1CN(C(=O)CC)C[C@H]1c1ccccc1. The maximum Gasteiger partial charge on any atom is 0.222 e. The van der Waals surface area contributed by atoms with Crippen molar-refractivity contribution >= 4 is 5.91 Å². The zero-order valence-corrected chi connectivity index (χ0v) is 14.7. The number of carbonyl (C=O) groups excluding carboxylic acids is 1. The first-order valence-electron chi connectivity index (χ1n) is 8.61. The molecule has 0 unspecified atom stereocenters. The van der Waals surface area contributed by atoms with Gasteiger partial charge >= 0.3 is 0 Å². The van der Waals surface area contributed by atoms with Gasteiger partial charge in [-0.2, -0.15) is 0 Å². The first-order chi connectivity index (χ1) is 10.7. The van der Waals surface area contributed by atoms with E-state index >= 15 is 0 Å². The van der Waals surface area contributed by atoms with Crippen LogP contribution in [0.2, 0.25) is 0 Å². The Labute approximate surface area is 135 Å². The molecule has 1 aliphatic heterocycles. The Balaban J connectivity index is 0.00000116. The lowest BCUT2D eigenvalue weighted by molar-refractivity contribution is -0.130. The summed E-state index contributed by atoms with van der Waals surface area (Å²) in [5, 5.41) is 0. The van der Waals surface area contributed by atoms with Crippen molar-refractivity contribution in [2.45, 2.75) is 53.1 Å². The van der Waals surface area contributed by atoms with Gasteiger partial charge in [0.25, 0.3) is 0 Å². The highest BCUT2D eigenvalue weighted by Gasteiger charge is 2.38. The van der Waals surface area contributed by atoms with Crippen molar-refractivity contribution in [2.75, 3.05) is 19.7 Å². The summed E-state index contributed by atoms with van der Waals surface area (Å²) in [5.74, 6) is 1.01. The fraction of sp³-hybridized carbons (Fsp3) is 0.632. The van der Waals surface area contributed by atoms with Crippen LogP contribution in [0.4, 0.5) is 0 Å². The lowest BCUT2D eigenvalue weighted by atomic mass is 9.86. The van der Waals surface area contributed by atoms with E-state index in [0.717, 1.165) is 19.7 Å². The summed E-state index contributed by atoms with van der Waals surface area (Å²) >= 11 is 0. The monoisotopic (exact) mass is 305 g/mol. The topological polar surface area (TPSA) is 29.5 Å². The Hall–Kier alpha value is -1.35. The van der Waals surface area contributed by atoms with Crippen LogP contribution in [0.3, 0.4) is 0 Å². The van der Waals surface area contributed by atoms with Gasteiger partial charge < -0.3 is 9.64 Å². The maximum atomic E-state index is 12.0. The second-order valence-electron chi connectivity index (χ2n) is 5.49. The van der Waals surface area contributed by atoms with Crippen LogP contribution in [0, 0.1) is 5.92 Å².